The summed E-state index contributed by atoms with van der Waals surface area (Å²) in [5, 5.41) is 0. The second-order valence-corrected chi connectivity index (χ2v) is 12.7. The van der Waals surface area contributed by atoms with Crippen LogP contribution >= 0.6 is 0 Å². The normalized spacial score (nSPS) is 16.0. The Morgan fingerprint density at radius 3 is 1.28 bits per heavy atom. The van der Waals surface area contributed by atoms with E-state index >= 15 is 0 Å². The molecule has 1 heteroatoms. The van der Waals surface area contributed by atoms with Crippen molar-refractivity contribution < 1.29 is 0 Å². The third-order valence-corrected chi connectivity index (χ3v) is 8.55. The zero-order valence-electron chi connectivity index (χ0n) is 27.0. The van der Waals surface area contributed by atoms with Crippen LogP contribution in [0, 0.1) is 5.41 Å². The molecule has 1 rings (SSSR count). The number of allylic oxidation sites excluding steroid dienone is 8. The first-order valence-corrected chi connectivity index (χ1v) is 17.5. The van der Waals surface area contributed by atoms with Crippen LogP contribution in [-0.4, -0.2) is 25.0 Å². The van der Waals surface area contributed by atoms with Crippen LogP contribution in [0.25, 0.3) is 0 Å². The van der Waals surface area contributed by atoms with Gasteiger partial charge in [-0.2, -0.15) is 0 Å². The lowest BCUT2D eigenvalue weighted by atomic mass is 9.72. The number of likely N-dealkylation sites (tertiary alicyclic amines) is 1. The van der Waals surface area contributed by atoms with Gasteiger partial charge in [0.25, 0.3) is 0 Å². The SMILES string of the molecule is CCCCC/C=C\C/C=C/CCCCCCCC1(CCCCCCCC/C=C\C=C\CCCCC)CN(C)C1. The minimum absolute atomic E-state index is 0.663. The molecule has 1 aliphatic heterocycles. The van der Waals surface area contributed by atoms with Crippen molar-refractivity contribution >= 4 is 0 Å². The molecular formula is C38H69N. The van der Waals surface area contributed by atoms with E-state index in [1.807, 2.05) is 0 Å². The van der Waals surface area contributed by atoms with Gasteiger partial charge in [0, 0.05) is 13.1 Å². The van der Waals surface area contributed by atoms with Gasteiger partial charge in [-0.1, -0.05) is 146 Å². The maximum absolute atomic E-state index is 2.54. The number of hydrogen-bond acceptors (Lipinski definition) is 1. The first-order chi connectivity index (χ1) is 19.2. The first kappa shape index (κ1) is 35.9. The standard InChI is InChI=1S/C38H69N/c1-4-6-8-10-12-14-16-18-20-22-24-26-28-30-32-34-38(36-39(3)37-38)35-33-31-29-27-25-23-21-19-17-15-13-11-9-7-5-2/h12-16,18-19,21H,4-11,17,20,22-37H2,1-3H3/b14-12+,15-13-,18-16-,21-19+. The number of rotatable bonds is 28. The zero-order valence-corrected chi connectivity index (χ0v) is 27.0. The molecule has 1 saturated heterocycles. The zero-order chi connectivity index (χ0) is 28.1. The molecule has 0 aromatic carbocycles. The smallest absolute Gasteiger partial charge is 0.00474 e. The van der Waals surface area contributed by atoms with E-state index in [-0.39, 0.29) is 0 Å². The molecule has 1 nitrogen and oxygen atoms in total. The maximum Gasteiger partial charge on any atom is 0.00474 e. The van der Waals surface area contributed by atoms with Gasteiger partial charge in [0.1, 0.15) is 0 Å². The van der Waals surface area contributed by atoms with Gasteiger partial charge in [-0.25, -0.2) is 0 Å². The Kier molecular flexibility index (Phi) is 25.0. The highest BCUT2D eigenvalue weighted by Gasteiger charge is 2.39. The highest BCUT2D eigenvalue weighted by atomic mass is 15.2. The second kappa shape index (κ2) is 27.1. The molecule has 1 fully saturated rings. The van der Waals surface area contributed by atoms with Crippen LogP contribution in [-0.2, 0) is 0 Å². The van der Waals surface area contributed by atoms with Gasteiger partial charge in [-0.05, 0) is 83.1 Å². The minimum atomic E-state index is 0.663. The summed E-state index contributed by atoms with van der Waals surface area (Å²) in [6.07, 6.45) is 51.5. The maximum atomic E-state index is 2.54. The van der Waals surface area contributed by atoms with Gasteiger partial charge >= 0.3 is 0 Å². The van der Waals surface area contributed by atoms with Crippen LogP contribution in [0.15, 0.2) is 48.6 Å². The lowest BCUT2D eigenvalue weighted by Crippen LogP contribution is -2.54. The second-order valence-electron chi connectivity index (χ2n) is 12.7. The molecule has 0 radical (unpaired) electrons. The number of nitrogens with zero attached hydrogens (tertiary/aromatic N) is 1. The Morgan fingerprint density at radius 2 is 0.846 bits per heavy atom. The molecule has 0 aromatic rings. The summed E-state index contributed by atoms with van der Waals surface area (Å²) in [4.78, 5) is 2.54. The summed E-state index contributed by atoms with van der Waals surface area (Å²) < 4.78 is 0. The molecule has 0 N–H and O–H groups in total. The van der Waals surface area contributed by atoms with Crippen molar-refractivity contribution in [3.8, 4) is 0 Å². The molecule has 39 heavy (non-hydrogen) atoms. The van der Waals surface area contributed by atoms with Gasteiger partial charge < -0.3 is 4.90 Å². The van der Waals surface area contributed by atoms with Gasteiger partial charge in [-0.3, -0.25) is 0 Å². The van der Waals surface area contributed by atoms with Crippen LogP contribution < -0.4 is 0 Å². The quantitative estimate of drug-likeness (QED) is 0.0543. The fourth-order valence-electron chi connectivity index (χ4n) is 6.18. The van der Waals surface area contributed by atoms with E-state index in [0.29, 0.717) is 5.41 Å². The van der Waals surface area contributed by atoms with E-state index in [9.17, 15) is 0 Å². The summed E-state index contributed by atoms with van der Waals surface area (Å²) in [6, 6.07) is 0. The van der Waals surface area contributed by atoms with Crippen molar-refractivity contribution in [2.24, 2.45) is 5.41 Å². The van der Waals surface area contributed by atoms with Gasteiger partial charge in [0.15, 0.2) is 0 Å². The Bertz CT molecular complexity index is 619. The predicted molar refractivity (Wildman–Crippen MR) is 179 cm³/mol. The number of unbranched alkanes of at least 4 members (excludes halogenated alkanes) is 17. The Hall–Kier alpha value is -1.08. The molecule has 0 aromatic heterocycles. The molecule has 0 aliphatic carbocycles. The topological polar surface area (TPSA) is 3.24 Å². The van der Waals surface area contributed by atoms with Crippen molar-refractivity contribution in [3.05, 3.63) is 48.6 Å². The summed E-state index contributed by atoms with van der Waals surface area (Å²) in [7, 11) is 2.31. The van der Waals surface area contributed by atoms with Crippen molar-refractivity contribution in [2.75, 3.05) is 20.1 Å². The van der Waals surface area contributed by atoms with E-state index in [2.05, 4.69) is 74.4 Å². The fraction of sp³-hybridized carbons (Fsp3) is 0.789. The molecule has 0 saturated carbocycles. The molecule has 0 bridgehead atoms. The average Bonchev–Trinajstić information content (AvgIpc) is 2.92. The summed E-state index contributed by atoms with van der Waals surface area (Å²) >= 11 is 0. The third kappa shape index (κ3) is 22.3. The lowest BCUT2D eigenvalue weighted by molar-refractivity contribution is 0.00256. The van der Waals surface area contributed by atoms with Crippen molar-refractivity contribution in [2.45, 2.75) is 168 Å². The van der Waals surface area contributed by atoms with Gasteiger partial charge in [0.2, 0.25) is 0 Å². The van der Waals surface area contributed by atoms with E-state index in [1.54, 1.807) is 0 Å². The van der Waals surface area contributed by atoms with Gasteiger partial charge in [0.05, 0.1) is 0 Å². The molecule has 1 heterocycles. The summed E-state index contributed by atoms with van der Waals surface area (Å²) in [6.45, 7) is 7.25. The molecule has 0 atom stereocenters. The monoisotopic (exact) mass is 540 g/mol. The Labute approximate surface area is 246 Å². The largest absolute Gasteiger partial charge is 0.305 e. The van der Waals surface area contributed by atoms with Crippen molar-refractivity contribution in [1.29, 1.82) is 0 Å². The summed E-state index contributed by atoms with van der Waals surface area (Å²) in [5.41, 5.74) is 0.663. The fourth-order valence-corrected chi connectivity index (χ4v) is 6.18. The summed E-state index contributed by atoms with van der Waals surface area (Å²) in [5.74, 6) is 0. The van der Waals surface area contributed by atoms with Crippen molar-refractivity contribution in [3.63, 3.8) is 0 Å². The van der Waals surface area contributed by atoms with E-state index in [1.165, 1.54) is 161 Å². The van der Waals surface area contributed by atoms with Crippen LogP contribution in [0.4, 0.5) is 0 Å². The molecule has 0 amide bonds. The van der Waals surface area contributed by atoms with Crippen LogP contribution in [0.2, 0.25) is 0 Å². The minimum Gasteiger partial charge on any atom is -0.305 e. The third-order valence-electron chi connectivity index (χ3n) is 8.55. The van der Waals surface area contributed by atoms with E-state index < -0.39 is 0 Å². The average molecular weight is 540 g/mol. The van der Waals surface area contributed by atoms with E-state index in [4.69, 9.17) is 0 Å². The highest BCUT2D eigenvalue weighted by Crippen LogP contribution is 2.40. The molecule has 226 valence electrons. The van der Waals surface area contributed by atoms with Crippen LogP contribution in [0.5, 0.6) is 0 Å². The molecule has 1 aliphatic rings. The molecule has 0 spiro atoms. The van der Waals surface area contributed by atoms with E-state index in [0.717, 1.165) is 6.42 Å². The Morgan fingerprint density at radius 1 is 0.462 bits per heavy atom. The molecular weight excluding hydrogens is 470 g/mol. The van der Waals surface area contributed by atoms with Crippen LogP contribution in [0.1, 0.15) is 168 Å². The molecule has 0 unspecified atom stereocenters. The first-order valence-electron chi connectivity index (χ1n) is 17.5. The number of hydrogen-bond donors (Lipinski definition) is 0. The van der Waals surface area contributed by atoms with Crippen molar-refractivity contribution in [1.82, 2.24) is 4.90 Å². The lowest BCUT2D eigenvalue weighted by Gasteiger charge is -2.49. The van der Waals surface area contributed by atoms with Gasteiger partial charge in [-0.15, -0.1) is 0 Å². The highest BCUT2D eigenvalue weighted by molar-refractivity contribution is 5.02. The predicted octanol–water partition coefficient (Wildman–Crippen LogP) is 12.5. The van der Waals surface area contributed by atoms with Crippen LogP contribution in [0.3, 0.4) is 0 Å². The Balaban J connectivity index is 1.95.